The van der Waals surface area contributed by atoms with Gasteiger partial charge in [0.1, 0.15) is 23.3 Å². The number of fused-ring (bicyclic) bond motifs is 2. The quantitative estimate of drug-likeness (QED) is 0.160. The van der Waals surface area contributed by atoms with Crippen molar-refractivity contribution in [2.75, 3.05) is 13.1 Å². The Morgan fingerprint density at radius 3 is 2.12 bits per heavy atom. The number of benzene rings is 1. The predicted molar refractivity (Wildman–Crippen MR) is 187 cm³/mol. The lowest BCUT2D eigenvalue weighted by Crippen LogP contribution is -2.59. The number of carbonyl (C=O) groups is 6. The molecule has 50 heavy (non-hydrogen) atoms. The Morgan fingerprint density at radius 2 is 1.56 bits per heavy atom. The highest BCUT2D eigenvalue weighted by atomic mass is 16.6. The highest BCUT2D eigenvalue weighted by molar-refractivity contribution is 6.38. The van der Waals surface area contributed by atoms with Crippen molar-refractivity contribution in [3.63, 3.8) is 0 Å². The van der Waals surface area contributed by atoms with Crippen molar-refractivity contribution in [3.05, 3.63) is 48.0 Å². The standard InChI is InChI=1S/C38H54N4O8/c1-10-11-16-26(31(44)33(46)39-18-17-27(43)49-36(2,3)4)40-32(45)30-28-25(38(28,8)9)21-42(30)34(47)29(41-35(48)50-37(5,6)7)24-19-22-14-12-13-15-23(22)20-24/h10,12-15,24-26,28-30H,1,11,16-21H2,2-9H3,(H,39,46)(H,40,45)(H,41,48)/t25-,26?,28-,29-,30?/m0/s1. The number of hydrogen-bond donors (Lipinski definition) is 3. The van der Waals surface area contributed by atoms with Gasteiger partial charge in [0.2, 0.25) is 17.6 Å². The van der Waals surface area contributed by atoms with Gasteiger partial charge in [-0.3, -0.25) is 24.0 Å². The molecule has 274 valence electrons. The molecular weight excluding hydrogens is 640 g/mol. The molecule has 1 heterocycles. The Hall–Kier alpha value is -4.22. The minimum absolute atomic E-state index is 0.0450. The summed E-state index contributed by atoms with van der Waals surface area (Å²) in [6.45, 7) is 18.4. The van der Waals surface area contributed by atoms with Gasteiger partial charge in [0.05, 0.1) is 12.5 Å². The Labute approximate surface area is 295 Å². The van der Waals surface area contributed by atoms with Gasteiger partial charge in [-0.1, -0.05) is 44.2 Å². The van der Waals surface area contributed by atoms with Gasteiger partial charge in [0.15, 0.2) is 0 Å². The van der Waals surface area contributed by atoms with Crippen LogP contribution in [0.5, 0.6) is 0 Å². The summed E-state index contributed by atoms with van der Waals surface area (Å²) in [7, 11) is 0. The molecule has 12 heteroatoms. The maximum absolute atomic E-state index is 14.5. The van der Waals surface area contributed by atoms with Gasteiger partial charge < -0.3 is 30.3 Å². The van der Waals surface area contributed by atoms with Crippen molar-refractivity contribution in [1.82, 2.24) is 20.9 Å². The molecule has 1 saturated carbocycles. The largest absolute Gasteiger partial charge is 0.460 e. The molecule has 0 aromatic heterocycles. The summed E-state index contributed by atoms with van der Waals surface area (Å²) >= 11 is 0. The SMILES string of the molecule is C=CCCC(NC(=O)C1[C@@H]2[C@H](CN1C(=O)[C@@H](NC(=O)OC(C)(C)C)C1Cc3ccccc3C1)C2(C)C)C(=O)C(=O)NCCC(=O)OC(C)(C)C. The molecule has 2 fully saturated rings. The highest BCUT2D eigenvalue weighted by Crippen LogP contribution is 2.65. The van der Waals surface area contributed by atoms with Gasteiger partial charge in [-0.15, -0.1) is 6.58 Å². The zero-order chi connectivity index (χ0) is 37.2. The van der Waals surface area contributed by atoms with Crippen LogP contribution in [0.25, 0.3) is 0 Å². The van der Waals surface area contributed by atoms with Gasteiger partial charge in [0, 0.05) is 13.1 Å². The number of esters is 1. The molecule has 1 saturated heterocycles. The van der Waals surface area contributed by atoms with E-state index in [9.17, 15) is 28.8 Å². The fraction of sp³-hybridized carbons (Fsp3) is 0.632. The average molecular weight is 695 g/mol. The van der Waals surface area contributed by atoms with Crippen LogP contribution in [0, 0.1) is 23.2 Å². The smallest absolute Gasteiger partial charge is 0.408 e. The van der Waals surface area contributed by atoms with Crippen LogP contribution in [0.15, 0.2) is 36.9 Å². The van der Waals surface area contributed by atoms with E-state index in [0.29, 0.717) is 25.8 Å². The number of ketones is 1. The number of carbonyl (C=O) groups excluding carboxylic acids is 6. The predicted octanol–water partition coefficient (Wildman–Crippen LogP) is 3.65. The highest BCUT2D eigenvalue weighted by Gasteiger charge is 2.69. The Bertz CT molecular complexity index is 1480. The third kappa shape index (κ3) is 9.31. The van der Waals surface area contributed by atoms with Crippen molar-refractivity contribution in [2.45, 2.75) is 117 Å². The minimum atomic E-state index is -1.18. The fourth-order valence-electron chi connectivity index (χ4n) is 7.36. The lowest BCUT2D eigenvalue weighted by atomic mass is 9.93. The van der Waals surface area contributed by atoms with Crippen LogP contribution in [0.3, 0.4) is 0 Å². The average Bonchev–Trinajstić information content (AvgIpc) is 3.36. The maximum atomic E-state index is 14.5. The van der Waals surface area contributed by atoms with E-state index in [1.54, 1.807) is 47.6 Å². The van der Waals surface area contributed by atoms with Crippen LogP contribution in [-0.2, 0) is 46.3 Å². The van der Waals surface area contributed by atoms with E-state index in [1.807, 2.05) is 38.1 Å². The number of rotatable bonds is 13. The number of Topliss-reactive ketones (excluding diaryl/α,β-unsaturated/α-hetero) is 1. The summed E-state index contributed by atoms with van der Waals surface area (Å²) in [5.74, 6) is -3.62. The van der Waals surface area contributed by atoms with E-state index in [4.69, 9.17) is 9.47 Å². The molecular formula is C38H54N4O8. The van der Waals surface area contributed by atoms with Gasteiger partial charge in [-0.2, -0.15) is 0 Å². The first-order chi connectivity index (χ1) is 23.2. The second kappa shape index (κ2) is 14.9. The Balaban J connectivity index is 1.52. The molecule has 3 aliphatic rings. The van der Waals surface area contributed by atoms with E-state index >= 15 is 0 Å². The summed E-state index contributed by atoms with van der Waals surface area (Å²) in [5.41, 5.74) is 0.515. The summed E-state index contributed by atoms with van der Waals surface area (Å²) in [4.78, 5) is 81.6. The summed E-state index contributed by atoms with van der Waals surface area (Å²) in [6.07, 6.45) is 2.36. The zero-order valence-electron chi connectivity index (χ0n) is 30.7. The normalized spacial score (nSPS) is 21.9. The van der Waals surface area contributed by atoms with Crippen molar-refractivity contribution >= 4 is 35.6 Å². The fourth-order valence-corrected chi connectivity index (χ4v) is 7.36. The first kappa shape index (κ1) is 38.6. The number of hydrogen-bond acceptors (Lipinski definition) is 8. The summed E-state index contributed by atoms with van der Waals surface area (Å²) in [6, 6.07) is 4.87. The van der Waals surface area contributed by atoms with E-state index in [1.165, 1.54) is 4.90 Å². The lowest BCUT2D eigenvalue weighted by molar-refractivity contribution is -0.154. The number of allylic oxidation sites excluding steroid dienone is 1. The molecule has 3 N–H and O–H groups in total. The monoisotopic (exact) mass is 694 g/mol. The van der Waals surface area contributed by atoms with E-state index in [2.05, 4.69) is 22.5 Å². The van der Waals surface area contributed by atoms with Crippen LogP contribution >= 0.6 is 0 Å². The lowest BCUT2D eigenvalue weighted by Gasteiger charge is -2.35. The van der Waals surface area contributed by atoms with E-state index in [0.717, 1.165) is 11.1 Å². The molecule has 5 atom stereocenters. The molecule has 1 aliphatic heterocycles. The second-order valence-corrected chi connectivity index (χ2v) is 16.3. The Morgan fingerprint density at radius 1 is 0.960 bits per heavy atom. The van der Waals surface area contributed by atoms with Crippen molar-refractivity contribution in [3.8, 4) is 0 Å². The van der Waals surface area contributed by atoms with Crippen molar-refractivity contribution in [1.29, 1.82) is 0 Å². The number of ether oxygens (including phenoxy) is 2. The third-order valence-electron chi connectivity index (χ3n) is 9.80. The molecule has 0 bridgehead atoms. The van der Waals surface area contributed by atoms with Crippen LogP contribution in [0.1, 0.15) is 85.8 Å². The number of alkyl carbamates (subject to hydrolysis) is 1. The van der Waals surface area contributed by atoms with Gasteiger partial charge in [0.25, 0.3) is 5.91 Å². The molecule has 4 rings (SSSR count). The van der Waals surface area contributed by atoms with Crippen molar-refractivity contribution in [2.24, 2.45) is 23.2 Å². The minimum Gasteiger partial charge on any atom is -0.460 e. The number of nitrogens with one attached hydrogen (secondary N) is 3. The molecule has 0 spiro atoms. The van der Waals surface area contributed by atoms with Crippen LogP contribution in [-0.4, -0.2) is 82.9 Å². The Kier molecular flexibility index (Phi) is 11.5. The summed E-state index contributed by atoms with van der Waals surface area (Å²) in [5, 5.41) is 8.09. The molecule has 1 aromatic carbocycles. The number of nitrogens with zero attached hydrogens (tertiary/aromatic N) is 1. The third-order valence-corrected chi connectivity index (χ3v) is 9.80. The topological polar surface area (TPSA) is 160 Å². The van der Waals surface area contributed by atoms with E-state index < -0.39 is 59.0 Å². The molecule has 4 amide bonds. The zero-order valence-corrected chi connectivity index (χ0v) is 30.7. The molecule has 2 unspecified atom stereocenters. The van der Waals surface area contributed by atoms with Gasteiger partial charge >= 0.3 is 12.1 Å². The van der Waals surface area contributed by atoms with E-state index in [-0.39, 0.29) is 48.5 Å². The molecule has 1 aromatic rings. The van der Waals surface area contributed by atoms with Crippen LogP contribution in [0.4, 0.5) is 4.79 Å². The number of amides is 4. The first-order valence-corrected chi connectivity index (χ1v) is 17.6. The van der Waals surface area contributed by atoms with Crippen LogP contribution in [0.2, 0.25) is 0 Å². The van der Waals surface area contributed by atoms with Crippen molar-refractivity contribution < 1.29 is 38.2 Å². The number of likely N-dealkylation sites (tertiary alicyclic amines) is 1. The van der Waals surface area contributed by atoms with Gasteiger partial charge in [-0.05, 0) is 102 Å². The number of piperidine rings is 1. The molecule has 12 nitrogen and oxygen atoms in total. The van der Waals surface area contributed by atoms with Gasteiger partial charge in [-0.25, -0.2) is 4.79 Å². The molecule has 2 aliphatic carbocycles. The second-order valence-electron chi connectivity index (χ2n) is 16.3. The first-order valence-electron chi connectivity index (χ1n) is 17.6. The summed E-state index contributed by atoms with van der Waals surface area (Å²) < 4.78 is 10.8. The molecule has 0 radical (unpaired) electrons. The maximum Gasteiger partial charge on any atom is 0.408 e. The van der Waals surface area contributed by atoms with Crippen LogP contribution < -0.4 is 16.0 Å².